The van der Waals surface area contributed by atoms with Gasteiger partial charge in [-0.25, -0.2) is 9.29 Å². The fraction of sp³-hybridized carbons (Fsp3) is 0.250. The number of nitrogens with zero attached hydrogens (tertiary/aromatic N) is 2. The van der Waals surface area contributed by atoms with Crippen LogP contribution in [0, 0.1) is 11.7 Å². The van der Waals surface area contributed by atoms with Gasteiger partial charge in [-0.05, 0) is 65.1 Å². The Balaban J connectivity index is 1.41. The molecule has 4 aromatic rings. The monoisotopic (exact) mass is 679 g/mol. The van der Waals surface area contributed by atoms with Crippen LogP contribution in [-0.2, 0) is 26.3 Å². The van der Waals surface area contributed by atoms with Gasteiger partial charge in [0, 0.05) is 21.0 Å². The van der Waals surface area contributed by atoms with E-state index in [0.29, 0.717) is 21.3 Å². The van der Waals surface area contributed by atoms with Gasteiger partial charge in [0.15, 0.2) is 0 Å². The van der Waals surface area contributed by atoms with E-state index in [4.69, 9.17) is 0 Å². The molecule has 43 heavy (non-hydrogen) atoms. The number of imide groups is 1. The lowest BCUT2D eigenvalue weighted by Crippen LogP contribution is -2.33. The van der Waals surface area contributed by atoms with Gasteiger partial charge in [0.1, 0.15) is 17.6 Å². The first kappa shape index (κ1) is 29.5. The van der Waals surface area contributed by atoms with Crippen LogP contribution in [0.1, 0.15) is 42.7 Å². The predicted octanol–water partition coefficient (Wildman–Crippen LogP) is 6.54. The van der Waals surface area contributed by atoms with Gasteiger partial charge in [-0.1, -0.05) is 84.1 Å². The highest BCUT2D eigenvalue weighted by Crippen LogP contribution is 2.54. The van der Waals surface area contributed by atoms with E-state index in [1.165, 1.54) is 45.5 Å². The number of fused-ring (bicyclic) bond motifs is 2. The summed E-state index contributed by atoms with van der Waals surface area (Å²) in [5, 5.41) is 2.42. The normalized spacial score (nSPS) is 19.7. The summed E-state index contributed by atoms with van der Waals surface area (Å²) in [6.45, 7) is 6.06. The zero-order valence-corrected chi connectivity index (χ0v) is 26.7. The summed E-state index contributed by atoms with van der Waals surface area (Å²) in [7, 11) is 0. The Morgan fingerprint density at radius 2 is 1.58 bits per heavy atom. The third-order valence-electron chi connectivity index (χ3n) is 7.70. The first-order valence-corrected chi connectivity index (χ1v) is 16.1. The zero-order valence-electron chi connectivity index (χ0n) is 23.5. The summed E-state index contributed by atoms with van der Waals surface area (Å²) < 4.78 is 15.5. The van der Waals surface area contributed by atoms with Gasteiger partial charge in [-0.15, -0.1) is 0 Å². The molecule has 0 saturated carbocycles. The maximum absolute atomic E-state index is 14.1. The molecule has 1 N–H and O–H groups in total. The second-order valence-electron chi connectivity index (χ2n) is 11.6. The maximum atomic E-state index is 14.1. The smallest absolute Gasteiger partial charge is 0.308 e. The number of anilines is 2. The average molecular weight is 681 g/mol. The van der Waals surface area contributed by atoms with E-state index in [2.05, 4.69) is 42.0 Å². The quantitative estimate of drug-likeness (QED) is 0.242. The largest absolute Gasteiger partial charge is 0.325 e. The molecule has 2 aliphatic rings. The Morgan fingerprint density at radius 3 is 2.21 bits per heavy atom. The minimum atomic E-state index is -0.781. The van der Waals surface area contributed by atoms with E-state index in [9.17, 15) is 23.6 Å². The number of hydrogen-bond acceptors (Lipinski definition) is 6. The lowest BCUT2D eigenvalue weighted by Gasteiger charge is -2.31. The molecule has 1 fully saturated rings. The molecule has 1 saturated heterocycles. The first-order chi connectivity index (χ1) is 20.4. The molecule has 0 aliphatic carbocycles. The van der Waals surface area contributed by atoms with Crippen LogP contribution in [0.3, 0.4) is 0 Å². The van der Waals surface area contributed by atoms with Gasteiger partial charge < -0.3 is 5.32 Å². The third-order valence-corrected chi connectivity index (χ3v) is 10.8. The molecule has 3 aromatic carbocycles. The molecule has 0 radical (unpaired) electrons. The van der Waals surface area contributed by atoms with Crippen LogP contribution in [-0.4, -0.2) is 27.5 Å². The first-order valence-electron chi connectivity index (χ1n) is 13.6. The SMILES string of the molecule is CC(C)(C)c1ccc([C@H]2c3sc(=O)n(CC(=O)Nc4ccc(F)cc4)c3SC3C(=O)N(c4ccc(Br)cc4)C(=O)C32)cc1. The van der Waals surface area contributed by atoms with Crippen molar-refractivity contribution >= 4 is 68.1 Å². The molecule has 2 aliphatic heterocycles. The molecule has 11 heteroatoms. The van der Waals surface area contributed by atoms with Crippen molar-refractivity contribution in [2.75, 3.05) is 10.2 Å². The Hall–Kier alpha value is -3.54. The van der Waals surface area contributed by atoms with Crippen molar-refractivity contribution in [2.45, 2.75) is 48.9 Å². The molecule has 6 rings (SSSR count). The molecule has 3 amide bonds. The topological polar surface area (TPSA) is 88.5 Å². The molecule has 2 unspecified atom stereocenters. The Labute approximate surface area is 264 Å². The molecule has 0 bridgehead atoms. The summed E-state index contributed by atoms with van der Waals surface area (Å²) >= 11 is 5.57. The van der Waals surface area contributed by atoms with Gasteiger partial charge in [-0.3, -0.25) is 23.7 Å². The van der Waals surface area contributed by atoms with E-state index in [-0.39, 0.29) is 28.6 Å². The van der Waals surface area contributed by atoms with Crippen LogP contribution in [0.5, 0.6) is 0 Å². The molecule has 0 spiro atoms. The van der Waals surface area contributed by atoms with Crippen molar-refractivity contribution in [3.8, 4) is 0 Å². The van der Waals surface area contributed by atoms with Gasteiger partial charge in [0.25, 0.3) is 0 Å². The number of carbonyl (C=O) groups excluding carboxylic acids is 3. The number of rotatable bonds is 5. The number of halogens is 2. The van der Waals surface area contributed by atoms with Crippen LogP contribution < -0.4 is 15.1 Å². The van der Waals surface area contributed by atoms with Crippen LogP contribution >= 0.6 is 39.0 Å². The number of thiazole rings is 1. The van der Waals surface area contributed by atoms with Crippen molar-refractivity contribution in [1.82, 2.24) is 4.57 Å². The zero-order chi connectivity index (χ0) is 30.6. The van der Waals surface area contributed by atoms with Crippen molar-refractivity contribution in [2.24, 2.45) is 5.92 Å². The second-order valence-corrected chi connectivity index (χ2v) is 14.6. The lowest BCUT2D eigenvalue weighted by molar-refractivity contribution is -0.122. The molecule has 3 atom stereocenters. The van der Waals surface area contributed by atoms with Gasteiger partial charge in [-0.2, -0.15) is 0 Å². The van der Waals surface area contributed by atoms with Crippen LogP contribution in [0.2, 0.25) is 0 Å². The summed E-state index contributed by atoms with van der Waals surface area (Å²) in [5.41, 5.74) is 2.74. The maximum Gasteiger partial charge on any atom is 0.308 e. The number of amides is 3. The standard InChI is InChI=1S/C32H27BrFN3O4S2/c1-32(2,3)18-6-4-17(5-7-18)24-25-26(29(40)37(28(25)39)22-14-8-19(33)9-15-22)42-30-27(24)43-31(41)36(30)16-23(38)35-21-12-10-20(34)11-13-21/h4-15,24-26H,16H2,1-3H3,(H,35,38)/t24-,25?,26?/m1/s1. The Morgan fingerprint density at radius 1 is 0.930 bits per heavy atom. The summed E-state index contributed by atoms with van der Waals surface area (Å²) in [6, 6.07) is 20.3. The number of carbonyl (C=O) groups is 3. The Bertz CT molecular complexity index is 1790. The number of nitrogens with one attached hydrogen (secondary N) is 1. The van der Waals surface area contributed by atoms with E-state index >= 15 is 0 Å². The van der Waals surface area contributed by atoms with Crippen LogP contribution in [0.4, 0.5) is 15.8 Å². The second kappa shape index (κ2) is 11.2. The summed E-state index contributed by atoms with van der Waals surface area (Å²) in [6.07, 6.45) is 0. The number of hydrogen-bond donors (Lipinski definition) is 1. The summed E-state index contributed by atoms with van der Waals surface area (Å²) in [5.74, 6) is -2.85. The van der Waals surface area contributed by atoms with E-state index < -0.39 is 28.8 Å². The van der Waals surface area contributed by atoms with E-state index in [0.717, 1.165) is 26.9 Å². The van der Waals surface area contributed by atoms with Crippen molar-refractivity contribution < 1.29 is 18.8 Å². The number of benzene rings is 3. The third kappa shape index (κ3) is 5.49. The Kier molecular flexibility index (Phi) is 7.68. The fourth-order valence-corrected chi connectivity index (χ4v) is 8.56. The van der Waals surface area contributed by atoms with Gasteiger partial charge in [0.2, 0.25) is 17.7 Å². The minimum Gasteiger partial charge on any atom is -0.325 e. The van der Waals surface area contributed by atoms with E-state index in [1.54, 1.807) is 24.3 Å². The van der Waals surface area contributed by atoms with Crippen molar-refractivity contribution in [3.05, 3.63) is 109 Å². The molecule has 3 heterocycles. The highest BCUT2D eigenvalue weighted by atomic mass is 79.9. The highest BCUT2D eigenvalue weighted by molar-refractivity contribution is 9.10. The van der Waals surface area contributed by atoms with Crippen molar-refractivity contribution in [3.63, 3.8) is 0 Å². The fourth-order valence-electron chi connectivity index (χ4n) is 5.53. The molecule has 220 valence electrons. The highest BCUT2D eigenvalue weighted by Gasteiger charge is 2.56. The lowest BCUT2D eigenvalue weighted by atomic mass is 9.81. The summed E-state index contributed by atoms with van der Waals surface area (Å²) in [4.78, 5) is 55.9. The minimum absolute atomic E-state index is 0.0851. The average Bonchev–Trinajstić information content (AvgIpc) is 3.40. The number of thioether (sulfide) groups is 1. The predicted molar refractivity (Wildman–Crippen MR) is 170 cm³/mol. The van der Waals surface area contributed by atoms with E-state index in [1.807, 2.05) is 24.3 Å². The van der Waals surface area contributed by atoms with Crippen LogP contribution in [0.25, 0.3) is 0 Å². The van der Waals surface area contributed by atoms with Crippen molar-refractivity contribution in [1.29, 1.82) is 0 Å². The molecular formula is C32H27BrFN3O4S2. The molecular weight excluding hydrogens is 653 g/mol. The van der Waals surface area contributed by atoms with Gasteiger partial charge in [0.05, 0.1) is 16.6 Å². The van der Waals surface area contributed by atoms with Crippen LogP contribution in [0.15, 0.2) is 87.1 Å². The molecule has 7 nitrogen and oxygen atoms in total. The number of aromatic nitrogens is 1. The molecule has 1 aromatic heterocycles. The van der Waals surface area contributed by atoms with Gasteiger partial charge >= 0.3 is 4.87 Å².